The summed E-state index contributed by atoms with van der Waals surface area (Å²) in [5, 5.41) is 8.27. The number of halogens is 1. The number of hydrogen-bond donors (Lipinski definition) is 2. The van der Waals surface area contributed by atoms with E-state index in [1.54, 1.807) is 11.8 Å². The van der Waals surface area contributed by atoms with Gasteiger partial charge in [0.15, 0.2) is 0 Å². The first-order valence-electron chi connectivity index (χ1n) is 3.03. The van der Waals surface area contributed by atoms with E-state index in [1.165, 1.54) is 6.38 Å². The van der Waals surface area contributed by atoms with Crippen molar-refractivity contribution in [3.63, 3.8) is 0 Å². The van der Waals surface area contributed by atoms with Gasteiger partial charge in [0.05, 0.1) is 0 Å². The maximum atomic E-state index is 10.1. The third-order valence-corrected chi connectivity index (χ3v) is 1.59. The van der Waals surface area contributed by atoms with Gasteiger partial charge in [-0.05, 0) is 18.4 Å². The van der Waals surface area contributed by atoms with E-state index in [9.17, 15) is 4.79 Å². The molecule has 0 amide bonds. The van der Waals surface area contributed by atoms with Crippen molar-refractivity contribution in [2.24, 2.45) is 5.73 Å². The Bertz CT molecular complexity index is 103. The molecule has 1 atom stereocenters. The molecule has 0 saturated carbocycles. The highest BCUT2D eigenvalue weighted by Crippen LogP contribution is 1.97. The topological polar surface area (TPSA) is 63.3 Å². The zero-order valence-corrected chi connectivity index (χ0v) is 8.28. The molecular formula is C6H14ClNO2S. The number of aliphatic carboxylic acids is 1. The molecule has 0 unspecified atom stereocenters. The lowest BCUT2D eigenvalue weighted by Crippen LogP contribution is -2.30. The molecule has 68 valence electrons. The molecule has 0 saturated heterocycles. The molecule has 0 aliphatic rings. The van der Waals surface area contributed by atoms with Gasteiger partial charge in [0, 0.05) is 6.38 Å². The van der Waals surface area contributed by atoms with Gasteiger partial charge in [0.1, 0.15) is 6.04 Å². The Morgan fingerprint density at radius 2 is 2.18 bits per heavy atom. The molecule has 0 aliphatic heterocycles. The molecule has 5 heteroatoms. The van der Waals surface area contributed by atoms with E-state index in [0.29, 0.717) is 6.42 Å². The Kier molecular flexibility index (Phi) is 12.5. The summed E-state index contributed by atoms with van der Waals surface area (Å²) in [7, 11) is 0. The van der Waals surface area contributed by atoms with Crippen molar-refractivity contribution in [2.45, 2.75) is 12.5 Å². The minimum atomic E-state index is -0.913. The van der Waals surface area contributed by atoms with E-state index in [1.807, 2.05) is 6.26 Å². The van der Waals surface area contributed by atoms with E-state index in [-0.39, 0.29) is 0 Å². The van der Waals surface area contributed by atoms with Crippen LogP contribution >= 0.6 is 23.4 Å². The Hall–Kier alpha value is 0.0700. The van der Waals surface area contributed by atoms with E-state index < -0.39 is 12.0 Å². The average Bonchev–Trinajstić information content (AvgIpc) is 2.03. The Morgan fingerprint density at radius 1 is 1.73 bits per heavy atom. The number of rotatable bonds is 4. The minimum absolute atomic E-state index is 0.552. The van der Waals surface area contributed by atoms with Crippen LogP contribution in [-0.2, 0) is 4.79 Å². The van der Waals surface area contributed by atoms with Gasteiger partial charge in [-0.1, -0.05) is 0 Å². The summed E-state index contributed by atoms with van der Waals surface area (Å²) in [6, 6.07) is -0.683. The smallest absolute Gasteiger partial charge is 0.320 e. The summed E-state index contributed by atoms with van der Waals surface area (Å²) in [5.74, 6) is -0.1000. The van der Waals surface area contributed by atoms with Crippen LogP contribution in [0.1, 0.15) is 6.42 Å². The van der Waals surface area contributed by atoms with E-state index >= 15 is 0 Å². The average molecular weight is 200 g/mol. The third-order valence-electron chi connectivity index (χ3n) is 0.950. The Morgan fingerprint density at radius 3 is 2.45 bits per heavy atom. The van der Waals surface area contributed by atoms with Crippen molar-refractivity contribution in [3.8, 4) is 0 Å². The van der Waals surface area contributed by atoms with Crippen LogP contribution in [0, 0.1) is 0 Å². The Labute approximate surface area is 76.3 Å². The van der Waals surface area contributed by atoms with Crippen LogP contribution in [0.3, 0.4) is 0 Å². The molecule has 0 heterocycles. The molecule has 11 heavy (non-hydrogen) atoms. The van der Waals surface area contributed by atoms with Crippen molar-refractivity contribution >= 4 is 29.3 Å². The highest BCUT2D eigenvalue weighted by molar-refractivity contribution is 7.98. The van der Waals surface area contributed by atoms with E-state index in [0.717, 1.165) is 5.75 Å². The van der Waals surface area contributed by atoms with Gasteiger partial charge >= 0.3 is 5.97 Å². The second-order valence-corrected chi connectivity index (χ2v) is 2.71. The van der Waals surface area contributed by atoms with Gasteiger partial charge in [-0.2, -0.15) is 11.8 Å². The van der Waals surface area contributed by atoms with Crippen molar-refractivity contribution in [3.05, 3.63) is 0 Å². The summed E-state index contributed by atoms with van der Waals surface area (Å²) in [4.78, 5) is 10.1. The molecule has 0 rings (SSSR count). The summed E-state index contributed by atoms with van der Waals surface area (Å²) in [5.41, 5.74) is 5.19. The zero-order valence-electron chi connectivity index (χ0n) is 6.71. The standard InChI is InChI=1S/C5H11NO2S.CH3Cl/c1-9-3-2-4(6)5(7)8;1-2/h4H,2-3,6H2,1H3,(H,7,8);1H3/t4-;/m0./s1. The van der Waals surface area contributed by atoms with Crippen molar-refractivity contribution in [1.82, 2.24) is 0 Å². The van der Waals surface area contributed by atoms with Gasteiger partial charge in [-0.25, -0.2) is 0 Å². The number of carboxylic acids is 1. The zero-order chi connectivity index (χ0) is 9.28. The molecule has 0 aromatic heterocycles. The quantitative estimate of drug-likeness (QED) is 0.664. The van der Waals surface area contributed by atoms with Crippen LogP contribution in [0.5, 0.6) is 0 Å². The fourth-order valence-electron chi connectivity index (χ4n) is 0.368. The highest BCUT2D eigenvalue weighted by atomic mass is 35.5. The molecule has 3 nitrogen and oxygen atoms in total. The second kappa shape index (κ2) is 10.1. The van der Waals surface area contributed by atoms with Crippen LogP contribution in [0.25, 0.3) is 0 Å². The van der Waals surface area contributed by atoms with Crippen molar-refractivity contribution in [1.29, 1.82) is 0 Å². The first-order chi connectivity index (χ1) is 5.18. The molecule has 0 radical (unpaired) electrons. The number of carbonyl (C=O) groups is 1. The fraction of sp³-hybridized carbons (Fsp3) is 0.833. The molecule has 0 aliphatic carbocycles. The maximum absolute atomic E-state index is 10.1. The number of alkyl halides is 1. The van der Waals surface area contributed by atoms with Gasteiger partial charge in [-0.3, -0.25) is 4.79 Å². The number of thioether (sulfide) groups is 1. The monoisotopic (exact) mass is 199 g/mol. The first-order valence-corrected chi connectivity index (χ1v) is 5.18. The summed E-state index contributed by atoms with van der Waals surface area (Å²) < 4.78 is 0. The lowest BCUT2D eigenvalue weighted by Gasteiger charge is -2.02. The van der Waals surface area contributed by atoms with E-state index in [4.69, 9.17) is 10.8 Å². The molecule has 3 N–H and O–H groups in total. The highest BCUT2D eigenvalue weighted by Gasteiger charge is 2.08. The fourth-order valence-corrected chi connectivity index (χ4v) is 0.858. The molecular weight excluding hydrogens is 186 g/mol. The van der Waals surface area contributed by atoms with Gasteiger partial charge in [0.2, 0.25) is 0 Å². The second-order valence-electron chi connectivity index (χ2n) is 1.73. The van der Waals surface area contributed by atoms with E-state index in [2.05, 4.69) is 11.6 Å². The Balaban J connectivity index is 0. The lowest BCUT2D eigenvalue weighted by atomic mass is 10.2. The third kappa shape index (κ3) is 10.1. The van der Waals surface area contributed by atoms with Crippen molar-refractivity contribution in [2.75, 3.05) is 18.4 Å². The van der Waals surface area contributed by atoms with Crippen molar-refractivity contribution < 1.29 is 9.90 Å². The van der Waals surface area contributed by atoms with Crippen LogP contribution in [0.2, 0.25) is 0 Å². The number of nitrogens with two attached hydrogens (primary N) is 1. The predicted octanol–water partition coefficient (Wildman–Crippen LogP) is 1.01. The number of hydrogen-bond acceptors (Lipinski definition) is 3. The SMILES string of the molecule is CCl.CSCC[C@H](N)C(=O)O. The van der Waals surface area contributed by atoms with Gasteiger partial charge < -0.3 is 10.8 Å². The molecule has 0 fully saturated rings. The summed E-state index contributed by atoms with van der Waals surface area (Å²) in [6.07, 6.45) is 3.95. The van der Waals surface area contributed by atoms with Crippen LogP contribution in [0.15, 0.2) is 0 Å². The summed E-state index contributed by atoms with van der Waals surface area (Å²) in [6.45, 7) is 0. The molecule has 0 aromatic rings. The maximum Gasteiger partial charge on any atom is 0.320 e. The normalized spacial score (nSPS) is 11.3. The van der Waals surface area contributed by atoms with Crippen LogP contribution < -0.4 is 5.73 Å². The van der Waals surface area contributed by atoms with Crippen LogP contribution in [-0.4, -0.2) is 35.5 Å². The molecule has 0 aromatic carbocycles. The van der Waals surface area contributed by atoms with Gasteiger partial charge in [0.25, 0.3) is 0 Å². The predicted molar refractivity (Wildman–Crippen MR) is 50.4 cm³/mol. The minimum Gasteiger partial charge on any atom is -0.480 e. The number of carboxylic acid groups (broad SMARTS) is 1. The largest absolute Gasteiger partial charge is 0.480 e. The van der Waals surface area contributed by atoms with Crippen LogP contribution in [0.4, 0.5) is 0 Å². The lowest BCUT2D eigenvalue weighted by molar-refractivity contribution is -0.138. The molecule has 0 bridgehead atoms. The molecule has 0 spiro atoms. The first kappa shape index (κ1) is 13.6. The summed E-state index contributed by atoms with van der Waals surface area (Å²) >= 11 is 6.24. The van der Waals surface area contributed by atoms with Gasteiger partial charge in [-0.15, -0.1) is 11.6 Å².